The third kappa shape index (κ3) is 6.24. The molecule has 132 valence electrons. The normalized spacial score (nSPS) is 10.1. The van der Waals surface area contributed by atoms with Crippen LogP contribution in [0.15, 0.2) is 24.3 Å². The Morgan fingerprint density at radius 3 is 2.46 bits per heavy atom. The molecule has 0 aliphatic carbocycles. The quantitative estimate of drug-likeness (QED) is 0.868. The highest BCUT2D eigenvalue weighted by molar-refractivity contribution is 5.32. The van der Waals surface area contributed by atoms with E-state index in [2.05, 4.69) is 23.8 Å². The minimum Gasteiger partial charge on any atom is -0.473 e. The molecule has 5 heteroatoms. The molecule has 1 aromatic heterocycles. The number of hydrogen-bond acceptors (Lipinski definition) is 4. The van der Waals surface area contributed by atoms with E-state index in [1.807, 2.05) is 19.9 Å². The summed E-state index contributed by atoms with van der Waals surface area (Å²) in [5.41, 5.74) is 8.33. The first kappa shape index (κ1) is 20.0. The Bertz CT molecular complexity index is 632. The van der Waals surface area contributed by atoms with Crippen molar-refractivity contribution in [3.63, 3.8) is 0 Å². The predicted octanol–water partition coefficient (Wildman–Crippen LogP) is 3.98. The van der Waals surface area contributed by atoms with Crippen LogP contribution in [0.3, 0.4) is 0 Å². The lowest BCUT2D eigenvalue weighted by Gasteiger charge is -2.14. The number of halogens is 1. The van der Waals surface area contributed by atoms with Crippen molar-refractivity contribution in [2.45, 2.75) is 53.6 Å². The Hall–Kier alpha value is -2.01. The van der Waals surface area contributed by atoms with Crippen LogP contribution in [-0.4, -0.2) is 16.5 Å². The summed E-state index contributed by atoms with van der Waals surface area (Å²) in [4.78, 5) is 8.79. The average Bonchev–Trinajstić information content (AvgIpc) is 2.55. The zero-order chi connectivity index (χ0) is 17.9. The molecule has 0 unspecified atom stereocenters. The third-order valence-corrected chi connectivity index (χ3v) is 3.16. The van der Waals surface area contributed by atoms with Gasteiger partial charge in [0.2, 0.25) is 5.88 Å². The van der Waals surface area contributed by atoms with Gasteiger partial charge in [0.15, 0.2) is 0 Å². The topological polar surface area (TPSA) is 61.0 Å². The first-order chi connectivity index (χ1) is 11.5. The van der Waals surface area contributed by atoms with Gasteiger partial charge in [-0.05, 0) is 44.0 Å². The van der Waals surface area contributed by atoms with Crippen molar-refractivity contribution in [2.24, 2.45) is 5.73 Å². The van der Waals surface area contributed by atoms with Crippen LogP contribution >= 0.6 is 0 Å². The zero-order valence-electron chi connectivity index (χ0n) is 15.1. The third-order valence-electron chi connectivity index (χ3n) is 3.16. The zero-order valence-corrected chi connectivity index (χ0v) is 15.1. The molecule has 24 heavy (non-hydrogen) atoms. The number of nitrogens with zero attached hydrogens (tertiary/aromatic N) is 2. The van der Waals surface area contributed by atoms with Crippen LogP contribution in [-0.2, 0) is 19.4 Å². The molecule has 0 amide bonds. The van der Waals surface area contributed by atoms with Gasteiger partial charge in [0.05, 0.1) is 5.69 Å². The molecule has 0 saturated heterocycles. The van der Waals surface area contributed by atoms with E-state index < -0.39 is 0 Å². The standard InChI is InChI=1S/C16H20FN3O.C3H8/c1-3-15-14(7-8-18)16(20-11(2)19-15)21-10-12-5-4-6-13(17)9-12;1-3-2/h4-6,9H,3,7-8,10,18H2,1-2H3;3H2,1-2H3. The number of nitrogens with two attached hydrogens (primary N) is 1. The maximum atomic E-state index is 13.2. The molecule has 0 spiro atoms. The van der Waals surface area contributed by atoms with Gasteiger partial charge in [0, 0.05) is 5.56 Å². The van der Waals surface area contributed by atoms with Crippen LogP contribution < -0.4 is 10.5 Å². The van der Waals surface area contributed by atoms with E-state index in [1.54, 1.807) is 6.07 Å². The molecule has 4 nitrogen and oxygen atoms in total. The molecule has 0 saturated carbocycles. The molecule has 2 rings (SSSR count). The fourth-order valence-electron chi connectivity index (χ4n) is 2.21. The van der Waals surface area contributed by atoms with Gasteiger partial charge in [-0.25, -0.2) is 9.37 Å². The number of aromatic nitrogens is 2. The van der Waals surface area contributed by atoms with Crippen molar-refractivity contribution < 1.29 is 9.13 Å². The Kier molecular flexibility index (Phi) is 8.94. The Morgan fingerprint density at radius 2 is 1.88 bits per heavy atom. The van der Waals surface area contributed by atoms with Crippen molar-refractivity contribution >= 4 is 0 Å². The summed E-state index contributed by atoms with van der Waals surface area (Å²) < 4.78 is 19.0. The van der Waals surface area contributed by atoms with E-state index in [0.29, 0.717) is 24.7 Å². The van der Waals surface area contributed by atoms with Crippen molar-refractivity contribution in [1.29, 1.82) is 0 Å². The van der Waals surface area contributed by atoms with Crippen LogP contribution in [0.2, 0.25) is 0 Å². The largest absolute Gasteiger partial charge is 0.473 e. The SMILES string of the molecule is CCC.CCc1nc(C)nc(OCc2cccc(F)c2)c1CCN. The summed E-state index contributed by atoms with van der Waals surface area (Å²) >= 11 is 0. The molecule has 1 heterocycles. The van der Waals surface area contributed by atoms with Crippen LogP contribution in [0, 0.1) is 12.7 Å². The second-order valence-corrected chi connectivity index (χ2v) is 5.52. The van der Waals surface area contributed by atoms with E-state index in [1.165, 1.54) is 18.6 Å². The second-order valence-electron chi connectivity index (χ2n) is 5.52. The molecule has 0 bridgehead atoms. The lowest BCUT2D eigenvalue weighted by atomic mass is 10.1. The molecule has 2 N–H and O–H groups in total. The van der Waals surface area contributed by atoms with Gasteiger partial charge in [-0.3, -0.25) is 0 Å². The maximum Gasteiger partial charge on any atom is 0.220 e. The first-order valence-electron chi connectivity index (χ1n) is 8.49. The van der Waals surface area contributed by atoms with Gasteiger partial charge in [0.1, 0.15) is 18.2 Å². The molecule has 0 fully saturated rings. The van der Waals surface area contributed by atoms with E-state index in [0.717, 1.165) is 23.2 Å². The molecular weight excluding hydrogens is 305 g/mol. The summed E-state index contributed by atoms with van der Waals surface area (Å²) in [6.45, 7) is 8.91. The molecule has 1 aromatic carbocycles. The fourth-order valence-corrected chi connectivity index (χ4v) is 2.21. The van der Waals surface area contributed by atoms with Gasteiger partial charge in [-0.2, -0.15) is 4.98 Å². The van der Waals surface area contributed by atoms with E-state index >= 15 is 0 Å². The lowest BCUT2D eigenvalue weighted by Crippen LogP contribution is -2.12. The molecule has 0 aliphatic rings. The summed E-state index contributed by atoms with van der Waals surface area (Å²) in [7, 11) is 0. The molecule has 0 aliphatic heterocycles. The Labute approximate surface area is 144 Å². The first-order valence-corrected chi connectivity index (χ1v) is 8.49. The van der Waals surface area contributed by atoms with Crippen LogP contribution in [0.1, 0.15) is 49.8 Å². The summed E-state index contributed by atoms with van der Waals surface area (Å²) in [5.74, 6) is 0.947. The van der Waals surface area contributed by atoms with Gasteiger partial charge in [-0.1, -0.05) is 39.3 Å². The van der Waals surface area contributed by atoms with Crippen molar-refractivity contribution in [1.82, 2.24) is 9.97 Å². The maximum absolute atomic E-state index is 13.2. The summed E-state index contributed by atoms with van der Waals surface area (Å²) in [6.07, 6.45) is 2.72. The summed E-state index contributed by atoms with van der Waals surface area (Å²) in [5, 5.41) is 0. The number of rotatable bonds is 6. The lowest BCUT2D eigenvalue weighted by molar-refractivity contribution is 0.287. The molecule has 0 radical (unpaired) electrons. The van der Waals surface area contributed by atoms with Gasteiger partial charge < -0.3 is 10.5 Å². The van der Waals surface area contributed by atoms with Crippen LogP contribution in [0.5, 0.6) is 5.88 Å². The Morgan fingerprint density at radius 1 is 1.17 bits per heavy atom. The summed E-state index contributed by atoms with van der Waals surface area (Å²) in [6, 6.07) is 6.35. The fraction of sp³-hybridized carbons (Fsp3) is 0.474. The molecular formula is C19H28FN3O. The Balaban J connectivity index is 0.000000891. The molecule has 0 atom stereocenters. The van der Waals surface area contributed by atoms with Crippen molar-refractivity contribution in [2.75, 3.05) is 6.54 Å². The van der Waals surface area contributed by atoms with E-state index in [-0.39, 0.29) is 12.4 Å². The van der Waals surface area contributed by atoms with Crippen LogP contribution in [0.4, 0.5) is 4.39 Å². The van der Waals surface area contributed by atoms with Gasteiger partial charge in [0.25, 0.3) is 0 Å². The van der Waals surface area contributed by atoms with E-state index in [4.69, 9.17) is 10.5 Å². The number of aryl methyl sites for hydroxylation is 2. The second kappa shape index (κ2) is 10.7. The smallest absolute Gasteiger partial charge is 0.220 e. The van der Waals surface area contributed by atoms with Crippen LogP contribution in [0.25, 0.3) is 0 Å². The monoisotopic (exact) mass is 333 g/mol. The minimum atomic E-state index is -0.272. The number of ether oxygens (including phenoxy) is 1. The van der Waals surface area contributed by atoms with E-state index in [9.17, 15) is 4.39 Å². The highest BCUT2D eigenvalue weighted by Gasteiger charge is 2.13. The van der Waals surface area contributed by atoms with Crippen molar-refractivity contribution in [3.05, 3.63) is 52.7 Å². The average molecular weight is 333 g/mol. The predicted molar refractivity (Wildman–Crippen MR) is 95.6 cm³/mol. The number of hydrogen-bond donors (Lipinski definition) is 1. The number of benzene rings is 1. The highest BCUT2D eigenvalue weighted by atomic mass is 19.1. The minimum absolute atomic E-state index is 0.272. The highest BCUT2D eigenvalue weighted by Crippen LogP contribution is 2.21. The van der Waals surface area contributed by atoms with Crippen molar-refractivity contribution in [3.8, 4) is 5.88 Å². The van der Waals surface area contributed by atoms with Gasteiger partial charge in [-0.15, -0.1) is 0 Å². The molecule has 2 aromatic rings. The van der Waals surface area contributed by atoms with Gasteiger partial charge >= 0.3 is 0 Å².